The molecule has 106 valence electrons. The summed E-state index contributed by atoms with van der Waals surface area (Å²) in [5, 5.41) is 13.8. The average molecular weight is 345 g/mol. The normalized spacial score (nSPS) is 10.8. The second kappa shape index (κ2) is 5.69. The van der Waals surface area contributed by atoms with Crippen molar-refractivity contribution in [2.45, 2.75) is 13.3 Å². The highest BCUT2D eigenvalue weighted by molar-refractivity contribution is 9.10. The zero-order valence-electron chi connectivity index (χ0n) is 11.4. The van der Waals surface area contributed by atoms with Gasteiger partial charge in [0.25, 0.3) is 0 Å². The van der Waals surface area contributed by atoms with E-state index in [1.807, 2.05) is 37.3 Å². The number of hydrogen-bond acceptors (Lipinski definition) is 4. The van der Waals surface area contributed by atoms with E-state index in [0.29, 0.717) is 18.1 Å². The lowest BCUT2D eigenvalue weighted by Crippen LogP contribution is -1.89. The monoisotopic (exact) mass is 344 g/mol. The first-order chi connectivity index (χ1) is 10.1. The molecule has 0 amide bonds. The number of rotatable bonds is 3. The van der Waals surface area contributed by atoms with E-state index in [2.05, 4.69) is 26.1 Å². The maximum atomic E-state index is 9.77. The van der Waals surface area contributed by atoms with Gasteiger partial charge in [-0.05, 0) is 30.7 Å². The molecule has 0 saturated carbocycles. The highest BCUT2D eigenvalue weighted by Gasteiger charge is 2.13. The Morgan fingerprint density at radius 3 is 2.76 bits per heavy atom. The molecule has 3 rings (SSSR count). The molecule has 0 atom stereocenters. The summed E-state index contributed by atoms with van der Waals surface area (Å²) in [5.74, 6) is 1.24. The molecule has 21 heavy (non-hydrogen) atoms. The lowest BCUT2D eigenvalue weighted by molar-refractivity contribution is 0.383. The van der Waals surface area contributed by atoms with Crippen molar-refractivity contribution >= 4 is 15.9 Å². The van der Waals surface area contributed by atoms with Crippen LogP contribution >= 0.6 is 15.9 Å². The van der Waals surface area contributed by atoms with E-state index in [0.717, 1.165) is 21.2 Å². The van der Waals surface area contributed by atoms with E-state index in [-0.39, 0.29) is 5.75 Å². The van der Waals surface area contributed by atoms with E-state index in [4.69, 9.17) is 4.52 Å². The van der Waals surface area contributed by atoms with Gasteiger partial charge in [-0.25, -0.2) is 0 Å². The minimum Gasteiger partial charge on any atom is -0.508 e. The van der Waals surface area contributed by atoms with Crippen LogP contribution in [0.4, 0.5) is 0 Å². The van der Waals surface area contributed by atoms with Crippen LogP contribution in [0.2, 0.25) is 0 Å². The lowest BCUT2D eigenvalue weighted by atomic mass is 10.1. The Kier molecular flexibility index (Phi) is 3.75. The first-order valence-electron chi connectivity index (χ1n) is 6.49. The number of aromatic nitrogens is 2. The molecule has 5 heteroatoms. The summed E-state index contributed by atoms with van der Waals surface area (Å²) in [6.07, 6.45) is 0.406. The van der Waals surface area contributed by atoms with Crippen molar-refractivity contribution in [3.63, 3.8) is 0 Å². The summed E-state index contributed by atoms with van der Waals surface area (Å²) in [6, 6.07) is 13.1. The minimum absolute atomic E-state index is 0.230. The van der Waals surface area contributed by atoms with E-state index in [1.165, 1.54) is 0 Å². The van der Waals surface area contributed by atoms with Gasteiger partial charge in [0.05, 0.1) is 6.42 Å². The number of halogens is 1. The van der Waals surface area contributed by atoms with E-state index < -0.39 is 0 Å². The van der Waals surface area contributed by atoms with Crippen molar-refractivity contribution in [3.8, 4) is 17.1 Å². The van der Waals surface area contributed by atoms with Crippen LogP contribution in [-0.4, -0.2) is 15.2 Å². The fourth-order valence-electron chi connectivity index (χ4n) is 2.06. The number of phenolic OH excluding ortho intramolecular Hbond substituents is 1. The molecule has 1 N–H and O–H groups in total. The molecule has 1 heterocycles. The van der Waals surface area contributed by atoms with Crippen molar-refractivity contribution in [1.29, 1.82) is 0 Å². The lowest BCUT2D eigenvalue weighted by Gasteiger charge is -2.00. The maximum absolute atomic E-state index is 9.77. The predicted molar refractivity (Wildman–Crippen MR) is 83.1 cm³/mol. The average Bonchev–Trinajstić information content (AvgIpc) is 2.90. The minimum atomic E-state index is 0.230. The molecule has 1 aromatic heterocycles. The van der Waals surface area contributed by atoms with Crippen LogP contribution in [0.25, 0.3) is 11.4 Å². The third kappa shape index (κ3) is 2.97. The molecule has 0 bridgehead atoms. The van der Waals surface area contributed by atoms with Crippen molar-refractivity contribution in [1.82, 2.24) is 10.1 Å². The number of aryl methyl sites for hydroxylation is 1. The Labute approximate surface area is 130 Å². The molecule has 3 aromatic rings. The summed E-state index contributed by atoms with van der Waals surface area (Å²) in [5.41, 5.74) is 2.80. The summed E-state index contributed by atoms with van der Waals surface area (Å²) in [7, 11) is 0. The van der Waals surface area contributed by atoms with Crippen LogP contribution in [-0.2, 0) is 6.42 Å². The Balaban J connectivity index is 1.88. The number of aromatic hydroxyl groups is 1. The van der Waals surface area contributed by atoms with Crippen molar-refractivity contribution in [3.05, 3.63) is 64.0 Å². The van der Waals surface area contributed by atoms with Gasteiger partial charge >= 0.3 is 0 Å². The highest BCUT2D eigenvalue weighted by atomic mass is 79.9. The Morgan fingerprint density at radius 2 is 2.00 bits per heavy atom. The number of hydrogen-bond donors (Lipinski definition) is 1. The standard InChI is InChI=1S/C16H13BrN2O2/c1-10-6-7-12(13(17)8-10)16-18-15(21-19-16)9-11-4-2-3-5-14(11)20/h2-8,20H,9H2,1H3. The SMILES string of the molecule is Cc1ccc(-c2noc(Cc3ccccc3O)n2)c(Br)c1. The van der Waals surface area contributed by atoms with Crippen LogP contribution in [0.15, 0.2) is 51.5 Å². The topological polar surface area (TPSA) is 59.2 Å². The third-order valence-corrected chi connectivity index (χ3v) is 3.82. The molecule has 0 radical (unpaired) electrons. The van der Waals surface area contributed by atoms with Gasteiger partial charge in [0, 0.05) is 15.6 Å². The smallest absolute Gasteiger partial charge is 0.231 e. The number of phenols is 1. The Hall–Kier alpha value is -2.14. The zero-order valence-corrected chi connectivity index (χ0v) is 13.0. The van der Waals surface area contributed by atoms with Gasteiger partial charge in [0.1, 0.15) is 5.75 Å². The molecule has 0 unspecified atom stereocenters. The number of nitrogens with zero attached hydrogens (tertiary/aromatic N) is 2. The molecule has 0 aliphatic heterocycles. The highest BCUT2D eigenvalue weighted by Crippen LogP contribution is 2.27. The number of benzene rings is 2. The second-order valence-electron chi connectivity index (χ2n) is 4.80. The maximum Gasteiger partial charge on any atom is 0.231 e. The third-order valence-electron chi connectivity index (χ3n) is 3.17. The van der Waals surface area contributed by atoms with Gasteiger partial charge < -0.3 is 9.63 Å². The predicted octanol–water partition coefficient (Wildman–Crippen LogP) is 4.10. The molecular weight excluding hydrogens is 332 g/mol. The first-order valence-corrected chi connectivity index (χ1v) is 7.29. The molecule has 0 saturated heterocycles. The molecule has 0 aliphatic carbocycles. The van der Waals surface area contributed by atoms with Gasteiger partial charge in [-0.3, -0.25) is 0 Å². The molecule has 4 nitrogen and oxygen atoms in total. The van der Waals surface area contributed by atoms with Gasteiger partial charge in [-0.1, -0.05) is 45.4 Å². The quantitative estimate of drug-likeness (QED) is 0.776. The van der Waals surface area contributed by atoms with Crippen LogP contribution in [0.1, 0.15) is 17.0 Å². The van der Waals surface area contributed by atoms with Crippen LogP contribution in [0.3, 0.4) is 0 Å². The molecule has 0 spiro atoms. The van der Waals surface area contributed by atoms with E-state index >= 15 is 0 Å². The van der Waals surface area contributed by atoms with Crippen molar-refractivity contribution < 1.29 is 9.63 Å². The van der Waals surface area contributed by atoms with Gasteiger partial charge in [0.2, 0.25) is 11.7 Å². The largest absolute Gasteiger partial charge is 0.508 e. The fraction of sp³-hybridized carbons (Fsp3) is 0.125. The Bertz CT molecular complexity index is 783. The van der Waals surface area contributed by atoms with E-state index in [1.54, 1.807) is 12.1 Å². The zero-order chi connectivity index (χ0) is 14.8. The van der Waals surface area contributed by atoms with Gasteiger partial charge in [-0.2, -0.15) is 4.98 Å². The van der Waals surface area contributed by atoms with Crippen LogP contribution in [0.5, 0.6) is 5.75 Å². The van der Waals surface area contributed by atoms with Crippen molar-refractivity contribution in [2.75, 3.05) is 0 Å². The summed E-state index contributed by atoms with van der Waals surface area (Å²) in [6.45, 7) is 2.02. The van der Waals surface area contributed by atoms with Gasteiger partial charge in [-0.15, -0.1) is 0 Å². The molecular formula is C16H13BrN2O2. The summed E-state index contributed by atoms with van der Waals surface area (Å²) in [4.78, 5) is 4.39. The molecule has 2 aromatic carbocycles. The number of para-hydroxylation sites is 1. The second-order valence-corrected chi connectivity index (χ2v) is 5.65. The Morgan fingerprint density at radius 1 is 1.19 bits per heavy atom. The van der Waals surface area contributed by atoms with Crippen LogP contribution < -0.4 is 0 Å². The molecule has 0 fully saturated rings. The summed E-state index contributed by atoms with van der Waals surface area (Å²) < 4.78 is 6.20. The summed E-state index contributed by atoms with van der Waals surface area (Å²) >= 11 is 3.51. The van der Waals surface area contributed by atoms with Crippen molar-refractivity contribution in [2.24, 2.45) is 0 Å². The molecule has 0 aliphatic rings. The van der Waals surface area contributed by atoms with Crippen LogP contribution in [0, 0.1) is 6.92 Å². The van der Waals surface area contributed by atoms with Gasteiger partial charge in [0.15, 0.2) is 0 Å². The fourth-order valence-corrected chi connectivity index (χ4v) is 2.73. The van der Waals surface area contributed by atoms with E-state index in [9.17, 15) is 5.11 Å². The first kappa shape index (κ1) is 13.8.